The van der Waals surface area contributed by atoms with Gasteiger partial charge in [0.2, 0.25) is 0 Å². The van der Waals surface area contributed by atoms with Crippen LogP contribution in [0.1, 0.15) is 11.1 Å². The van der Waals surface area contributed by atoms with Gasteiger partial charge in [0.25, 0.3) is 5.91 Å². The van der Waals surface area contributed by atoms with E-state index in [9.17, 15) is 10.1 Å². The Hall–Kier alpha value is -3.72. The van der Waals surface area contributed by atoms with Gasteiger partial charge in [-0.25, -0.2) is 0 Å². The van der Waals surface area contributed by atoms with Crippen LogP contribution in [0.3, 0.4) is 0 Å². The van der Waals surface area contributed by atoms with E-state index in [-0.39, 0.29) is 5.57 Å². The van der Waals surface area contributed by atoms with Gasteiger partial charge >= 0.3 is 0 Å². The molecule has 0 radical (unpaired) electrons. The lowest BCUT2D eigenvalue weighted by Gasteiger charge is -2.05. The number of carbonyl (C=O) groups excluding carboxylic acids is 1. The Balaban J connectivity index is 1.75. The summed E-state index contributed by atoms with van der Waals surface area (Å²) in [4.78, 5) is 16.4. The molecule has 3 aromatic rings. The standard InChI is InChI=1S/C21H19N5O/c1-26-15-19(20(25-26)17-8-10-23-11-9-17)13-18(14-22)21(27)24-12-7-16-5-3-2-4-6-16/h2-6,8-11,13,15H,7,12H2,1H3,(H,24,27)/b18-13-. The molecule has 0 bridgehead atoms. The van der Waals surface area contributed by atoms with Gasteiger partial charge in [0.1, 0.15) is 11.6 Å². The van der Waals surface area contributed by atoms with Crippen molar-refractivity contribution in [2.24, 2.45) is 7.05 Å². The zero-order valence-electron chi connectivity index (χ0n) is 15.0. The van der Waals surface area contributed by atoms with Crippen LogP contribution in [0.5, 0.6) is 0 Å². The maximum absolute atomic E-state index is 12.4. The second-order valence-corrected chi connectivity index (χ2v) is 6.00. The van der Waals surface area contributed by atoms with E-state index in [0.717, 1.165) is 11.1 Å². The normalized spacial score (nSPS) is 11.0. The number of carbonyl (C=O) groups is 1. The van der Waals surface area contributed by atoms with Gasteiger partial charge in [-0.05, 0) is 30.2 Å². The number of nitriles is 1. The smallest absolute Gasteiger partial charge is 0.261 e. The van der Waals surface area contributed by atoms with Crippen LogP contribution in [0, 0.1) is 11.3 Å². The van der Waals surface area contributed by atoms with Crippen molar-refractivity contribution >= 4 is 12.0 Å². The van der Waals surface area contributed by atoms with Crippen molar-refractivity contribution in [3.8, 4) is 17.3 Å². The molecular formula is C21H19N5O. The first kappa shape index (κ1) is 18.1. The van der Waals surface area contributed by atoms with Gasteiger partial charge in [0.15, 0.2) is 0 Å². The lowest BCUT2D eigenvalue weighted by molar-refractivity contribution is -0.117. The first-order valence-electron chi connectivity index (χ1n) is 8.55. The molecule has 1 amide bonds. The summed E-state index contributed by atoms with van der Waals surface area (Å²) in [5, 5.41) is 16.7. The highest BCUT2D eigenvalue weighted by Crippen LogP contribution is 2.23. The topological polar surface area (TPSA) is 83.6 Å². The fourth-order valence-corrected chi connectivity index (χ4v) is 2.71. The van der Waals surface area contributed by atoms with Crippen LogP contribution in [0.4, 0.5) is 0 Å². The van der Waals surface area contributed by atoms with Crippen molar-refractivity contribution in [3.05, 3.63) is 77.8 Å². The summed E-state index contributed by atoms with van der Waals surface area (Å²) in [5.41, 5.74) is 3.46. The molecule has 1 N–H and O–H groups in total. The van der Waals surface area contributed by atoms with E-state index in [1.807, 2.05) is 48.5 Å². The van der Waals surface area contributed by atoms with Crippen molar-refractivity contribution in [2.75, 3.05) is 6.54 Å². The largest absolute Gasteiger partial charge is 0.351 e. The molecule has 2 aromatic heterocycles. The molecule has 0 saturated carbocycles. The second kappa shape index (κ2) is 8.59. The highest BCUT2D eigenvalue weighted by atomic mass is 16.1. The maximum Gasteiger partial charge on any atom is 0.261 e. The summed E-state index contributed by atoms with van der Waals surface area (Å²) in [6, 6.07) is 15.5. The fourth-order valence-electron chi connectivity index (χ4n) is 2.71. The van der Waals surface area contributed by atoms with E-state index in [1.54, 1.807) is 36.4 Å². The number of benzene rings is 1. The van der Waals surface area contributed by atoms with E-state index in [1.165, 1.54) is 0 Å². The van der Waals surface area contributed by atoms with Gasteiger partial charge in [-0.1, -0.05) is 30.3 Å². The van der Waals surface area contributed by atoms with Crippen LogP contribution in [0.25, 0.3) is 17.3 Å². The van der Waals surface area contributed by atoms with Crippen molar-refractivity contribution in [2.45, 2.75) is 6.42 Å². The highest BCUT2D eigenvalue weighted by molar-refractivity contribution is 6.02. The SMILES string of the molecule is Cn1cc(/C=C(/C#N)C(=O)NCCc2ccccc2)c(-c2ccncc2)n1. The average molecular weight is 357 g/mol. The summed E-state index contributed by atoms with van der Waals surface area (Å²) >= 11 is 0. The molecule has 2 heterocycles. The number of aromatic nitrogens is 3. The molecule has 6 heteroatoms. The minimum atomic E-state index is -0.391. The third-order valence-corrected chi connectivity index (χ3v) is 4.02. The molecule has 3 rings (SSSR count). The van der Waals surface area contributed by atoms with Gasteiger partial charge in [0.05, 0.1) is 5.69 Å². The minimum Gasteiger partial charge on any atom is -0.351 e. The molecule has 6 nitrogen and oxygen atoms in total. The van der Waals surface area contributed by atoms with E-state index >= 15 is 0 Å². The molecule has 0 aliphatic heterocycles. The van der Waals surface area contributed by atoms with E-state index in [2.05, 4.69) is 15.4 Å². The number of hydrogen-bond donors (Lipinski definition) is 1. The van der Waals surface area contributed by atoms with E-state index < -0.39 is 5.91 Å². The van der Waals surface area contributed by atoms with Crippen molar-refractivity contribution in [3.63, 3.8) is 0 Å². The molecule has 134 valence electrons. The maximum atomic E-state index is 12.4. The molecule has 0 aliphatic rings. The van der Waals surface area contributed by atoms with Crippen LogP contribution in [0.2, 0.25) is 0 Å². The monoisotopic (exact) mass is 357 g/mol. The second-order valence-electron chi connectivity index (χ2n) is 6.00. The highest BCUT2D eigenvalue weighted by Gasteiger charge is 2.13. The lowest BCUT2D eigenvalue weighted by Crippen LogP contribution is -2.26. The number of nitrogens with zero attached hydrogens (tertiary/aromatic N) is 4. The van der Waals surface area contributed by atoms with Gasteiger partial charge in [-0.2, -0.15) is 10.4 Å². The number of amides is 1. The molecule has 1 aromatic carbocycles. The predicted molar refractivity (Wildman–Crippen MR) is 103 cm³/mol. The van der Waals surface area contributed by atoms with Gasteiger partial charge < -0.3 is 5.32 Å². The summed E-state index contributed by atoms with van der Waals surface area (Å²) in [6.07, 6.45) is 7.42. The van der Waals surface area contributed by atoms with Crippen molar-refractivity contribution in [1.82, 2.24) is 20.1 Å². The first-order chi connectivity index (χ1) is 13.2. The van der Waals surface area contributed by atoms with Crippen LogP contribution in [-0.4, -0.2) is 27.2 Å². The number of rotatable bonds is 6. The van der Waals surface area contributed by atoms with Crippen molar-refractivity contribution in [1.29, 1.82) is 5.26 Å². The van der Waals surface area contributed by atoms with Gasteiger partial charge in [-0.3, -0.25) is 14.5 Å². The summed E-state index contributed by atoms with van der Waals surface area (Å²) in [7, 11) is 1.80. The quantitative estimate of drug-likeness (QED) is 0.543. The van der Waals surface area contributed by atoms with Gasteiger partial charge in [0, 0.05) is 43.3 Å². The number of pyridine rings is 1. The lowest BCUT2D eigenvalue weighted by atomic mass is 10.1. The third-order valence-electron chi connectivity index (χ3n) is 4.02. The molecule has 0 aliphatic carbocycles. The molecule has 0 fully saturated rings. The molecule has 27 heavy (non-hydrogen) atoms. The molecule has 0 unspecified atom stereocenters. The van der Waals surface area contributed by atoms with Gasteiger partial charge in [-0.15, -0.1) is 0 Å². The predicted octanol–water partition coefficient (Wildman–Crippen LogP) is 2.75. The Morgan fingerprint density at radius 3 is 2.67 bits per heavy atom. The van der Waals surface area contributed by atoms with Crippen LogP contribution < -0.4 is 5.32 Å². The molecule has 0 spiro atoms. The zero-order chi connectivity index (χ0) is 19.1. The van der Waals surface area contributed by atoms with Crippen molar-refractivity contribution < 1.29 is 4.79 Å². The Morgan fingerprint density at radius 1 is 1.22 bits per heavy atom. The average Bonchev–Trinajstić information content (AvgIpc) is 3.07. The Kier molecular flexibility index (Phi) is 5.75. The number of nitrogens with one attached hydrogen (secondary N) is 1. The molecular weight excluding hydrogens is 338 g/mol. The van der Waals surface area contributed by atoms with Crippen LogP contribution in [0.15, 0.2) is 66.6 Å². The number of aryl methyl sites for hydroxylation is 1. The minimum absolute atomic E-state index is 0.0476. The first-order valence-corrected chi connectivity index (χ1v) is 8.55. The molecule has 0 saturated heterocycles. The third kappa shape index (κ3) is 4.67. The Bertz CT molecular complexity index is 984. The Labute approximate surface area is 157 Å². The van der Waals surface area contributed by atoms with Crippen LogP contribution >= 0.6 is 0 Å². The summed E-state index contributed by atoms with van der Waals surface area (Å²) in [5.74, 6) is -0.391. The summed E-state index contributed by atoms with van der Waals surface area (Å²) < 4.78 is 1.66. The fraction of sp³-hybridized carbons (Fsp3) is 0.143. The number of hydrogen-bond acceptors (Lipinski definition) is 4. The molecule has 0 atom stereocenters. The zero-order valence-corrected chi connectivity index (χ0v) is 15.0. The van der Waals surface area contributed by atoms with Crippen LogP contribution in [-0.2, 0) is 18.3 Å². The van der Waals surface area contributed by atoms with E-state index in [0.29, 0.717) is 24.2 Å². The summed E-state index contributed by atoms with van der Waals surface area (Å²) in [6.45, 7) is 0.464. The van der Waals surface area contributed by atoms with E-state index in [4.69, 9.17) is 0 Å². The Morgan fingerprint density at radius 2 is 1.96 bits per heavy atom.